The third-order valence-corrected chi connectivity index (χ3v) is 5.17. The molecule has 0 aliphatic rings. The molecular weight excluding hydrogens is 414 g/mol. The van der Waals surface area contributed by atoms with Gasteiger partial charge in [-0.2, -0.15) is 11.8 Å². The van der Waals surface area contributed by atoms with Crippen molar-refractivity contribution in [3.05, 3.63) is 0 Å². The van der Waals surface area contributed by atoms with Gasteiger partial charge in [0.15, 0.2) is 0 Å². The van der Waals surface area contributed by atoms with E-state index in [-0.39, 0.29) is 18.8 Å². The summed E-state index contributed by atoms with van der Waals surface area (Å²) in [4.78, 5) is 59.1. The third-order valence-electron chi connectivity index (χ3n) is 4.53. The topological polar surface area (TPSA) is 194 Å². The molecule has 30 heavy (non-hydrogen) atoms. The van der Waals surface area contributed by atoms with Crippen molar-refractivity contribution in [1.82, 2.24) is 16.0 Å². The van der Waals surface area contributed by atoms with Crippen molar-refractivity contribution in [3.63, 3.8) is 0 Å². The van der Waals surface area contributed by atoms with Crippen LogP contribution >= 0.6 is 11.8 Å². The maximum absolute atomic E-state index is 12.8. The molecule has 0 aromatic carbocycles. The van der Waals surface area contributed by atoms with Crippen LogP contribution in [0, 0.1) is 5.92 Å². The number of nitrogens with two attached hydrogens (primary N) is 2. The summed E-state index contributed by atoms with van der Waals surface area (Å²) in [6.45, 7) is 3.08. The van der Waals surface area contributed by atoms with Gasteiger partial charge in [-0.1, -0.05) is 20.3 Å². The highest BCUT2D eigenvalue weighted by atomic mass is 32.2. The molecule has 4 atom stereocenters. The first-order valence-electron chi connectivity index (χ1n) is 9.66. The lowest BCUT2D eigenvalue weighted by atomic mass is 9.99. The van der Waals surface area contributed by atoms with Crippen molar-refractivity contribution >= 4 is 41.4 Å². The lowest BCUT2D eigenvalue weighted by Crippen LogP contribution is -2.57. The molecule has 0 saturated heterocycles. The molecule has 0 heterocycles. The number of carboxylic acid groups (broad SMARTS) is 1. The van der Waals surface area contributed by atoms with E-state index in [4.69, 9.17) is 16.6 Å². The molecule has 0 fully saturated rings. The summed E-state index contributed by atoms with van der Waals surface area (Å²) >= 11 is 1.48. The number of hydrogen-bond donors (Lipinski definition) is 6. The average molecular weight is 448 g/mol. The number of rotatable bonds is 15. The Morgan fingerprint density at radius 2 is 1.57 bits per heavy atom. The lowest BCUT2D eigenvalue weighted by molar-refractivity contribution is -0.138. The van der Waals surface area contributed by atoms with Gasteiger partial charge in [0.1, 0.15) is 18.6 Å². The Hall–Kier alpha value is -2.34. The average Bonchev–Trinajstić information content (AvgIpc) is 2.70. The molecule has 0 rings (SSSR count). The van der Waals surface area contributed by atoms with E-state index >= 15 is 0 Å². The first kappa shape index (κ1) is 27.7. The monoisotopic (exact) mass is 447 g/mol. The van der Waals surface area contributed by atoms with Crippen LogP contribution in [0.4, 0.5) is 0 Å². The molecule has 8 N–H and O–H groups in total. The number of aliphatic carboxylic acids is 1. The molecule has 0 aliphatic carbocycles. The molecule has 0 bridgehead atoms. The zero-order valence-electron chi connectivity index (χ0n) is 17.6. The van der Waals surface area contributed by atoms with E-state index < -0.39 is 54.3 Å². The van der Waals surface area contributed by atoms with Gasteiger partial charge in [0.25, 0.3) is 0 Å². The van der Waals surface area contributed by atoms with E-state index in [1.54, 1.807) is 0 Å². The van der Waals surface area contributed by atoms with Crippen LogP contribution in [-0.2, 0) is 24.0 Å². The highest BCUT2D eigenvalue weighted by molar-refractivity contribution is 7.98. The highest BCUT2D eigenvalue weighted by Gasteiger charge is 2.29. The Bertz CT molecular complexity index is 618. The van der Waals surface area contributed by atoms with Crippen molar-refractivity contribution in [2.75, 3.05) is 18.6 Å². The molecule has 0 radical (unpaired) electrons. The number of carbonyl (C=O) groups is 5. The molecule has 0 aromatic rings. The van der Waals surface area contributed by atoms with E-state index in [1.807, 2.05) is 20.1 Å². The summed E-state index contributed by atoms with van der Waals surface area (Å²) in [6, 6.07) is -2.91. The predicted molar refractivity (Wildman–Crippen MR) is 113 cm³/mol. The summed E-state index contributed by atoms with van der Waals surface area (Å²) in [5, 5.41) is 16.0. The predicted octanol–water partition coefficient (Wildman–Crippen LogP) is -1.45. The summed E-state index contributed by atoms with van der Waals surface area (Å²) in [7, 11) is 0. The standard InChI is InChI=1S/C18H33N5O6S/c1-4-10(2)15(20)18(29)23-12(7-8-30-3)17(28)22-11(5-6-13(19)24)16(27)21-9-14(25)26/h10-12,15H,4-9,20H2,1-3H3,(H2,19,24)(H,21,27)(H,22,28)(H,23,29)(H,25,26). The van der Waals surface area contributed by atoms with E-state index in [0.717, 1.165) is 0 Å². The van der Waals surface area contributed by atoms with E-state index in [2.05, 4.69) is 16.0 Å². The van der Waals surface area contributed by atoms with Crippen molar-refractivity contribution in [1.29, 1.82) is 0 Å². The Kier molecular flexibility index (Phi) is 13.5. The van der Waals surface area contributed by atoms with Crippen LogP contribution in [0.15, 0.2) is 0 Å². The fourth-order valence-electron chi connectivity index (χ4n) is 2.40. The summed E-state index contributed by atoms with van der Waals surface area (Å²) in [5.74, 6) is -3.32. The van der Waals surface area contributed by atoms with Crippen LogP contribution in [0.2, 0.25) is 0 Å². The van der Waals surface area contributed by atoms with Crippen LogP contribution in [-0.4, -0.2) is 71.4 Å². The Balaban J connectivity index is 5.28. The number of amides is 4. The largest absolute Gasteiger partial charge is 0.480 e. The van der Waals surface area contributed by atoms with Gasteiger partial charge in [-0.15, -0.1) is 0 Å². The van der Waals surface area contributed by atoms with Gasteiger partial charge in [0, 0.05) is 6.42 Å². The molecule has 4 amide bonds. The van der Waals surface area contributed by atoms with Gasteiger partial charge >= 0.3 is 5.97 Å². The zero-order chi connectivity index (χ0) is 23.3. The zero-order valence-corrected chi connectivity index (χ0v) is 18.4. The molecule has 0 aromatic heterocycles. The number of primary amides is 1. The van der Waals surface area contributed by atoms with Gasteiger partial charge in [-0.3, -0.25) is 24.0 Å². The first-order valence-corrected chi connectivity index (χ1v) is 11.1. The first-order chi connectivity index (χ1) is 14.0. The maximum atomic E-state index is 12.8. The number of carbonyl (C=O) groups excluding carboxylic acids is 4. The van der Waals surface area contributed by atoms with Gasteiger partial charge < -0.3 is 32.5 Å². The van der Waals surface area contributed by atoms with Crippen LogP contribution in [0.1, 0.15) is 39.5 Å². The quantitative estimate of drug-likeness (QED) is 0.175. The minimum absolute atomic E-state index is 0.0839. The third kappa shape index (κ3) is 11.0. The lowest BCUT2D eigenvalue weighted by Gasteiger charge is -2.25. The molecule has 0 aliphatic heterocycles. The van der Waals surface area contributed by atoms with Gasteiger partial charge in [0.2, 0.25) is 23.6 Å². The number of thioether (sulfide) groups is 1. The van der Waals surface area contributed by atoms with Gasteiger partial charge in [0.05, 0.1) is 6.04 Å². The number of hydrogen-bond acceptors (Lipinski definition) is 7. The van der Waals surface area contributed by atoms with Crippen LogP contribution in [0.25, 0.3) is 0 Å². The maximum Gasteiger partial charge on any atom is 0.322 e. The highest BCUT2D eigenvalue weighted by Crippen LogP contribution is 2.08. The van der Waals surface area contributed by atoms with E-state index in [1.165, 1.54) is 11.8 Å². The molecule has 0 spiro atoms. The Morgan fingerprint density at radius 1 is 1.00 bits per heavy atom. The molecule has 172 valence electrons. The normalized spacial score (nSPS) is 14.7. The Morgan fingerprint density at radius 3 is 2.07 bits per heavy atom. The second-order valence-electron chi connectivity index (χ2n) is 6.93. The van der Waals surface area contributed by atoms with Crippen LogP contribution in [0.5, 0.6) is 0 Å². The minimum atomic E-state index is -1.26. The fraction of sp³-hybridized carbons (Fsp3) is 0.722. The second kappa shape index (κ2) is 14.6. The van der Waals surface area contributed by atoms with Gasteiger partial charge in [-0.25, -0.2) is 0 Å². The van der Waals surface area contributed by atoms with Crippen molar-refractivity contribution < 1.29 is 29.1 Å². The van der Waals surface area contributed by atoms with Crippen LogP contribution in [0.3, 0.4) is 0 Å². The van der Waals surface area contributed by atoms with Gasteiger partial charge in [-0.05, 0) is 30.8 Å². The van der Waals surface area contributed by atoms with Crippen molar-refractivity contribution in [3.8, 4) is 0 Å². The minimum Gasteiger partial charge on any atom is -0.480 e. The molecular formula is C18H33N5O6S. The second-order valence-corrected chi connectivity index (χ2v) is 7.92. The summed E-state index contributed by atoms with van der Waals surface area (Å²) in [6.07, 6.45) is 2.53. The van der Waals surface area contributed by atoms with Crippen molar-refractivity contribution in [2.45, 2.75) is 57.7 Å². The van der Waals surface area contributed by atoms with E-state index in [0.29, 0.717) is 18.6 Å². The molecule has 11 nitrogen and oxygen atoms in total. The molecule has 12 heteroatoms. The number of carboxylic acids is 1. The summed E-state index contributed by atoms with van der Waals surface area (Å²) < 4.78 is 0. The number of nitrogens with one attached hydrogen (secondary N) is 3. The summed E-state index contributed by atoms with van der Waals surface area (Å²) in [5.41, 5.74) is 11.0. The smallest absolute Gasteiger partial charge is 0.322 e. The molecule has 4 unspecified atom stereocenters. The van der Waals surface area contributed by atoms with Crippen LogP contribution < -0.4 is 27.4 Å². The SMILES string of the molecule is CCC(C)C(N)C(=O)NC(CCSC)C(=O)NC(CCC(N)=O)C(=O)NCC(=O)O. The van der Waals surface area contributed by atoms with E-state index in [9.17, 15) is 24.0 Å². The Labute approximate surface area is 180 Å². The fourth-order valence-corrected chi connectivity index (χ4v) is 2.87. The van der Waals surface area contributed by atoms with Crippen molar-refractivity contribution in [2.24, 2.45) is 17.4 Å². The molecule has 0 saturated carbocycles.